The lowest BCUT2D eigenvalue weighted by Gasteiger charge is -2.44. The number of rotatable bonds is 5. The van der Waals surface area contributed by atoms with Gasteiger partial charge in [0.25, 0.3) is 5.72 Å². The number of carbonyl (C=O) groups is 3. The van der Waals surface area contributed by atoms with Gasteiger partial charge < -0.3 is 14.8 Å². The zero-order chi connectivity index (χ0) is 20.3. The number of methoxy groups -OCH3 is 2. The highest BCUT2D eigenvalue weighted by Crippen LogP contribution is 2.38. The summed E-state index contributed by atoms with van der Waals surface area (Å²) in [6.45, 7) is 0. The zero-order valence-corrected chi connectivity index (χ0v) is 15.3. The Labute approximate surface area is 160 Å². The van der Waals surface area contributed by atoms with E-state index in [-0.39, 0.29) is 0 Å². The largest absolute Gasteiger partial charge is 0.465 e. The van der Waals surface area contributed by atoms with Crippen molar-refractivity contribution in [2.75, 3.05) is 14.2 Å². The van der Waals surface area contributed by atoms with Crippen LogP contribution in [0.2, 0.25) is 0 Å². The Balaban J connectivity index is 2.18. The van der Waals surface area contributed by atoms with E-state index in [2.05, 4.69) is 10.6 Å². The number of benzene rings is 2. The highest BCUT2D eigenvalue weighted by Gasteiger charge is 2.59. The summed E-state index contributed by atoms with van der Waals surface area (Å²) in [4.78, 5) is 38.4. The van der Waals surface area contributed by atoms with Crippen molar-refractivity contribution < 1.29 is 28.2 Å². The highest BCUT2D eigenvalue weighted by molar-refractivity contribution is 6.04. The molecule has 1 heterocycles. The van der Waals surface area contributed by atoms with E-state index in [9.17, 15) is 18.8 Å². The molecule has 8 heteroatoms. The van der Waals surface area contributed by atoms with Crippen LogP contribution in [0.25, 0.3) is 0 Å². The number of amides is 2. The van der Waals surface area contributed by atoms with Crippen molar-refractivity contribution in [3.05, 3.63) is 71.5 Å². The molecule has 0 aliphatic carbocycles. The van der Waals surface area contributed by atoms with E-state index in [1.165, 1.54) is 31.4 Å². The molecule has 0 spiro atoms. The molecule has 2 aromatic carbocycles. The Kier molecular flexibility index (Phi) is 5.41. The van der Waals surface area contributed by atoms with Crippen LogP contribution in [-0.4, -0.2) is 37.7 Å². The monoisotopic (exact) mass is 386 g/mol. The van der Waals surface area contributed by atoms with Gasteiger partial charge in [-0.1, -0.05) is 42.5 Å². The number of esters is 1. The predicted octanol–water partition coefficient (Wildman–Crippen LogP) is 2.19. The molecule has 1 aliphatic rings. The summed E-state index contributed by atoms with van der Waals surface area (Å²) in [6.07, 6.45) is 0. The summed E-state index contributed by atoms with van der Waals surface area (Å²) in [6, 6.07) is 11.9. The molecule has 3 rings (SSSR count). The van der Waals surface area contributed by atoms with Crippen molar-refractivity contribution in [3.63, 3.8) is 0 Å². The van der Waals surface area contributed by atoms with Crippen LogP contribution in [0.15, 0.2) is 54.6 Å². The highest BCUT2D eigenvalue weighted by atomic mass is 19.1. The first-order chi connectivity index (χ1) is 13.4. The Morgan fingerprint density at radius 1 is 1.04 bits per heavy atom. The fourth-order valence-electron chi connectivity index (χ4n) is 3.40. The summed E-state index contributed by atoms with van der Waals surface area (Å²) < 4.78 is 23.6. The minimum atomic E-state index is -2.05. The maximum absolute atomic E-state index is 13.4. The second-order valence-electron chi connectivity index (χ2n) is 6.27. The number of nitrogens with one attached hydrogen (secondary N) is 2. The zero-order valence-electron chi connectivity index (χ0n) is 15.3. The van der Waals surface area contributed by atoms with Gasteiger partial charge in [-0.05, 0) is 17.7 Å². The van der Waals surface area contributed by atoms with Crippen molar-refractivity contribution in [3.8, 4) is 0 Å². The summed E-state index contributed by atoms with van der Waals surface area (Å²) in [7, 11) is 2.34. The molecule has 146 valence electrons. The second-order valence-corrected chi connectivity index (χ2v) is 6.27. The van der Waals surface area contributed by atoms with Crippen molar-refractivity contribution in [1.82, 2.24) is 10.6 Å². The molecule has 0 saturated carbocycles. The van der Waals surface area contributed by atoms with Crippen molar-refractivity contribution >= 4 is 17.8 Å². The number of carbonyl (C=O) groups excluding carboxylic acids is 3. The molecule has 1 saturated heterocycles. The maximum Gasteiger partial charge on any atom is 0.360 e. The standard InChI is InChI=1S/C20H19FN2O5/c1-27-18(25)20(28-2)15(17(24)13-6-4-3-5-7-13)16(22-19(26)23-20)12-8-10-14(21)11-9-12/h3-11,15-16H,1-2H3,(H2,22,23,26). The van der Waals surface area contributed by atoms with E-state index >= 15 is 0 Å². The van der Waals surface area contributed by atoms with Crippen LogP contribution in [0, 0.1) is 11.7 Å². The topological polar surface area (TPSA) is 93.7 Å². The van der Waals surface area contributed by atoms with Gasteiger partial charge in [0, 0.05) is 12.7 Å². The predicted molar refractivity (Wildman–Crippen MR) is 96.8 cm³/mol. The minimum Gasteiger partial charge on any atom is -0.465 e. The van der Waals surface area contributed by atoms with Gasteiger partial charge in [-0.15, -0.1) is 0 Å². The third-order valence-corrected chi connectivity index (χ3v) is 4.74. The van der Waals surface area contributed by atoms with Crippen molar-refractivity contribution in [1.29, 1.82) is 0 Å². The van der Waals surface area contributed by atoms with Crippen LogP contribution >= 0.6 is 0 Å². The van der Waals surface area contributed by atoms with E-state index in [1.807, 2.05) is 0 Å². The first-order valence-corrected chi connectivity index (χ1v) is 8.50. The van der Waals surface area contributed by atoms with Gasteiger partial charge in [-0.25, -0.2) is 14.0 Å². The van der Waals surface area contributed by atoms with E-state index in [4.69, 9.17) is 9.47 Å². The first kappa shape index (κ1) is 19.5. The summed E-state index contributed by atoms with van der Waals surface area (Å²) in [5.41, 5.74) is -1.29. The average Bonchev–Trinajstić information content (AvgIpc) is 2.73. The molecule has 1 fully saturated rings. The van der Waals surface area contributed by atoms with Crippen molar-refractivity contribution in [2.45, 2.75) is 11.8 Å². The van der Waals surface area contributed by atoms with Crippen LogP contribution in [0.4, 0.5) is 9.18 Å². The Hall–Kier alpha value is -3.26. The SMILES string of the molecule is COC(=O)C1(OC)NC(=O)NC(c2ccc(F)cc2)C1C(=O)c1ccccc1. The van der Waals surface area contributed by atoms with Gasteiger partial charge in [0.1, 0.15) is 11.7 Å². The van der Waals surface area contributed by atoms with Crippen LogP contribution < -0.4 is 10.6 Å². The molecule has 3 unspecified atom stereocenters. The number of ketones is 1. The van der Waals surface area contributed by atoms with E-state index in [0.29, 0.717) is 11.1 Å². The van der Waals surface area contributed by atoms with E-state index < -0.39 is 41.3 Å². The lowest BCUT2D eigenvalue weighted by molar-refractivity contribution is -0.178. The average molecular weight is 386 g/mol. The normalized spacial score (nSPS) is 24.0. The van der Waals surface area contributed by atoms with Gasteiger partial charge in [0.15, 0.2) is 5.78 Å². The fourth-order valence-corrected chi connectivity index (χ4v) is 3.40. The number of ether oxygens (including phenoxy) is 2. The molecule has 2 amide bonds. The van der Waals surface area contributed by atoms with Gasteiger partial charge in [0.2, 0.25) is 0 Å². The molecule has 28 heavy (non-hydrogen) atoms. The molecule has 0 aromatic heterocycles. The molecule has 1 aliphatic heterocycles. The molecule has 3 atom stereocenters. The fraction of sp³-hybridized carbons (Fsp3) is 0.250. The van der Waals surface area contributed by atoms with E-state index in [0.717, 1.165) is 7.11 Å². The smallest absolute Gasteiger partial charge is 0.360 e. The Bertz CT molecular complexity index is 887. The minimum absolute atomic E-state index is 0.322. The summed E-state index contributed by atoms with van der Waals surface area (Å²) in [5, 5.41) is 5.04. The number of Topliss-reactive ketones (excluding diaryl/α,β-unsaturated/α-hetero) is 1. The summed E-state index contributed by atoms with van der Waals surface area (Å²) >= 11 is 0. The van der Waals surface area contributed by atoms with Crippen LogP contribution in [0.3, 0.4) is 0 Å². The summed E-state index contributed by atoms with van der Waals surface area (Å²) in [5.74, 6) is -3.06. The lowest BCUT2D eigenvalue weighted by atomic mass is 9.77. The number of hydrogen-bond donors (Lipinski definition) is 2. The third-order valence-electron chi connectivity index (χ3n) is 4.74. The lowest BCUT2D eigenvalue weighted by Crippen LogP contribution is -2.71. The van der Waals surface area contributed by atoms with Gasteiger partial charge in [-0.2, -0.15) is 0 Å². The molecule has 0 radical (unpaired) electrons. The van der Waals surface area contributed by atoms with Crippen molar-refractivity contribution in [2.24, 2.45) is 5.92 Å². The molecule has 2 aromatic rings. The van der Waals surface area contributed by atoms with Crippen LogP contribution in [0.1, 0.15) is 22.0 Å². The first-order valence-electron chi connectivity index (χ1n) is 8.50. The maximum atomic E-state index is 13.4. The Morgan fingerprint density at radius 2 is 1.68 bits per heavy atom. The van der Waals surface area contributed by atoms with Gasteiger partial charge >= 0.3 is 12.0 Å². The molecular formula is C20H19FN2O5. The molecule has 7 nitrogen and oxygen atoms in total. The second kappa shape index (κ2) is 7.77. The number of urea groups is 1. The van der Waals surface area contributed by atoms with Gasteiger partial charge in [-0.3, -0.25) is 10.1 Å². The Morgan fingerprint density at radius 3 is 2.25 bits per heavy atom. The molecule has 0 bridgehead atoms. The van der Waals surface area contributed by atoms with Crippen LogP contribution in [0.5, 0.6) is 0 Å². The van der Waals surface area contributed by atoms with Gasteiger partial charge in [0.05, 0.1) is 13.2 Å². The molecule has 2 N–H and O–H groups in total. The number of hydrogen-bond acceptors (Lipinski definition) is 5. The van der Waals surface area contributed by atoms with Crippen LogP contribution in [-0.2, 0) is 14.3 Å². The third kappa shape index (κ3) is 3.34. The van der Waals surface area contributed by atoms with E-state index in [1.54, 1.807) is 30.3 Å². The quantitative estimate of drug-likeness (QED) is 0.607. The molecular weight excluding hydrogens is 367 g/mol. The number of halogens is 1.